The van der Waals surface area contributed by atoms with Gasteiger partial charge < -0.3 is 4.42 Å². The molecule has 0 atom stereocenters. The first-order valence-electron chi connectivity index (χ1n) is 16.2. The first-order chi connectivity index (χ1) is 24.3. The van der Waals surface area contributed by atoms with Crippen LogP contribution in [0.4, 0.5) is 0 Å². The summed E-state index contributed by atoms with van der Waals surface area (Å²) in [5, 5.41) is 1.02. The quantitative estimate of drug-likeness (QED) is 0.189. The number of nitrogens with zero attached hydrogens (tertiary/aromatic N) is 6. The van der Waals surface area contributed by atoms with Crippen molar-refractivity contribution in [2.24, 2.45) is 0 Å². The predicted octanol–water partition coefficient (Wildman–Crippen LogP) is 10.0. The van der Waals surface area contributed by atoms with Gasteiger partial charge in [-0.2, -0.15) is 4.98 Å². The highest BCUT2D eigenvalue weighted by molar-refractivity contribution is 6.06. The van der Waals surface area contributed by atoms with Gasteiger partial charge in [0, 0.05) is 27.8 Å². The van der Waals surface area contributed by atoms with Crippen molar-refractivity contribution in [3.05, 3.63) is 158 Å². The number of imidazole rings is 2. The Balaban J connectivity index is 1.19. The molecule has 10 aromatic rings. The van der Waals surface area contributed by atoms with Gasteiger partial charge in [-0.3, -0.25) is 8.97 Å². The van der Waals surface area contributed by atoms with Crippen molar-refractivity contribution in [3.8, 4) is 51.0 Å². The van der Waals surface area contributed by atoms with E-state index < -0.39 is 0 Å². The van der Waals surface area contributed by atoms with Gasteiger partial charge in [-0.1, -0.05) is 115 Å². The summed E-state index contributed by atoms with van der Waals surface area (Å²) in [7, 11) is 0. The largest absolute Gasteiger partial charge is 0.436 e. The molecular formula is C42H26N6O. The van der Waals surface area contributed by atoms with Gasteiger partial charge in [0.15, 0.2) is 17.5 Å². The third-order valence-electron chi connectivity index (χ3n) is 9.02. The zero-order chi connectivity index (χ0) is 32.3. The lowest BCUT2D eigenvalue weighted by Crippen LogP contribution is -2.00. The van der Waals surface area contributed by atoms with Crippen molar-refractivity contribution in [2.45, 2.75) is 0 Å². The molecule has 4 heterocycles. The lowest BCUT2D eigenvalue weighted by Gasteiger charge is -2.10. The molecule has 0 aliphatic heterocycles. The highest BCUT2D eigenvalue weighted by Gasteiger charge is 2.22. The maximum atomic E-state index is 6.20. The molecule has 7 nitrogen and oxygen atoms in total. The first kappa shape index (κ1) is 27.3. The number of furan rings is 1. The van der Waals surface area contributed by atoms with Crippen molar-refractivity contribution < 1.29 is 4.42 Å². The number of hydrogen-bond donors (Lipinski definition) is 0. The molecule has 0 N–H and O–H groups in total. The highest BCUT2D eigenvalue weighted by Crippen LogP contribution is 2.36. The molecule has 10 rings (SSSR count). The highest BCUT2D eigenvalue weighted by atomic mass is 16.3. The van der Waals surface area contributed by atoms with Crippen molar-refractivity contribution in [3.63, 3.8) is 0 Å². The molecule has 0 fully saturated rings. The van der Waals surface area contributed by atoms with Crippen LogP contribution in [-0.2, 0) is 0 Å². The molecule has 4 aromatic heterocycles. The number of para-hydroxylation sites is 2. The molecule has 0 unspecified atom stereocenters. The minimum Gasteiger partial charge on any atom is -0.436 e. The monoisotopic (exact) mass is 630 g/mol. The molecule has 0 bridgehead atoms. The summed E-state index contributed by atoms with van der Waals surface area (Å²) in [5.74, 6) is 2.60. The topological polar surface area (TPSA) is 74.0 Å². The second-order valence-corrected chi connectivity index (χ2v) is 12.0. The van der Waals surface area contributed by atoms with Crippen LogP contribution in [0, 0.1) is 0 Å². The van der Waals surface area contributed by atoms with Crippen LogP contribution in [0.25, 0.3) is 90.0 Å². The van der Waals surface area contributed by atoms with Crippen LogP contribution in [0.3, 0.4) is 0 Å². The SMILES string of the molecule is c1ccc(-c2ccc(-c3nc(-c4ccccc4)nc(-c4ccc5c(c4)n(-c4ccccc4)c4nc6oc7ccccc7c6n54)n3)cc2)cc1. The van der Waals surface area contributed by atoms with Gasteiger partial charge in [-0.15, -0.1) is 0 Å². The van der Waals surface area contributed by atoms with E-state index in [9.17, 15) is 0 Å². The normalized spacial score (nSPS) is 11.7. The van der Waals surface area contributed by atoms with E-state index in [1.807, 2.05) is 72.8 Å². The summed E-state index contributed by atoms with van der Waals surface area (Å²) in [6, 6.07) is 53.5. The van der Waals surface area contributed by atoms with E-state index in [0.717, 1.165) is 66.8 Å². The van der Waals surface area contributed by atoms with E-state index in [1.165, 1.54) is 0 Å². The fourth-order valence-corrected chi connectivity index (χ4v) is 6.69. The lowest BCUT2D eigenvalue weighted by molar-refractivity contribution is 0.656. The number of benzene rings is 6. The number of rotatable bonds is 5. The molecule has 0 radical (unpaired) electrons. The second kappa shape index (κ2) is 10.9. The summed E-state index contributed by atoms with van der Waals surface area (Å²) in [6.07, 6.45) is 0. The van der Waals surface area contributed by atoms with Gasteiger partial charge in [0.1, 0.15) is 11.1 Å². The first-order valence-corrected chi connectivity index (χ1v) is 16.2. The fourth-order valence-electron chi connectivity index (χ4n) is 6.69. The minimum atomic E-state index is 0.593. The van der Waals surface area contributed by atoms with Crippen molar-refractivity contribution in [1.29, 1.82) is 0 Å². The third-order valence-corrected chi connectivity index (χ3v) is 9.02. The molecule has 0 amide bonds. The Morgan fingerprint density at radius 3 is 1.67 bits per heavy atom. The minimum absolute atomic E-state index is 0.593. The molecule has 0 saturated heterocycles. The van der Waals surface area contributed by atoms with Gasteiger partial charge in [-0.25, -0.2) is 15.0 Å². The van der Waals surface area contributed by atoms with Gasteiger partial charge in [0.2, 0.25) is 11.5 Å². The zero-order valence-electron chi connectivity index (χ0n) is 26.1. The third kappa shape index (κ3) is 4.44. The van der Waals surface area contributed by atoms with Crippen molar-refractivity contribution in [1.82, 2.24) is 28.9 Å². The van der Waals surface area contributed by atoms with Crippen LogP contribution in [0.1, 0.15) is 0 Å². The fraction of sp³-hybridized carbons (Fsp3) is 0. The Hall–Kier alpha value is -6.86. The van der Waals surface area contributed by atoms with Crippen molar-refractivity contribution in [2.75, 3.05) is 0 Å². The van der Waals surface area contributed by atoms with Gasteiger partial charge in [0.05, 0.1) is 11.0 Å². The summed E-state index contributed by atoms with van der Waals surface area (Å²) in [5.41, 5.74) is 10.4. The molecular weight excluding hydrogens is 605 g/mol. The van der Waals surface area contributed by atoms with E-state index in [0.29, 0.717) is 23.2 Å². The molecule has 230 valence electrons. The molecule has 0 aliphatic carbocycles. The maximum absolute atomic E-state index is 6.20. The average molecular weight is 631 g/mol. The Bertz CT molecular complexity index is 2800. The van der Waals surface area contributed by atoms with Crippen LogP contribution in [-0.4, -0.2) is 28.9 Å². The van der Waals surface area contributed by atoms with Crippen LogP contribution in [0.2, 0.25) is 0 Å². The van der Waals surface area contributed by atoms with Gasteiger partial charge >= 0.3 is 0 Å². The van der Waals surface area contributed by atoms with Crippen molar-refractivity contribution >= 4 is 39.0 Å². The molecule has 7 heteroatoms. The van der Waals surface area contributed by atoms with E-state index in [-0.39, 0.29) is 0 Å². The summed E-state index contributed by atoms with van der Waals surface area (Å²) < 4.78 is 10.6. The number of hydrogen-bond acceptors (Lipinski definition) is 5. The van der Waals surface area contributed by atoms with E-state index in [1.54, 1.807) is 0 Å². The smallest absolute Gasteiger partial charge is 0.248 e. The second-order valence-electron chi connectivity index (χ2n) is 12.0. The molecule has 0 aliphatic rings. The zero-order valence-corrected chi connectivity index (χ0v) is 26.1. The summed E-state index contributed by atoms with van der Waals surface area (Å²) in [6.45, 7) is 0. The van der Waals surface area contributed by atoms with E-state index in [4.69, 9.17) is 24.4 Å². The number of aromatic nitrogens is 6. The lowest BCUT2D eigenvalue weighted by atomic mass is 10.0. The van der Waals surface area contributed by atoms with Crippen LogP contribution < -0.4 is 0 Å². The van der Waals surface area contributed by atoms with Gasteiger partial charge in [-0.05, 0) is 53.6 Å². The van der Waals surface area contributed by atoms with Gasteiger partial charge in [0.25, 0.3) is 0 Å². The Labute approximate surface area is 280 Å². The molecule has 49 heavy (non-hydrogen) atoms. The molecule has 0 saturated carbocycles. The van der Waals surface area contributed by atoms with Crippen LogP contribution in [0.5, 0.6) is 0 Å². The average Bonchev–Trinajstić information content (AvgIpc) is 3.82. The molecule has 6 aromatic carbocycles. The Morgan fingerprint density at radius 1 is 0.429 bits per heavy atom. The van der Waals surface area contributed by atoms with Crippen LogP contribution >= 0.6 is 0 Å². The standard InChI is InChI=1S/C42H26N6O/c1-4-12-27(13-5-1)28-20-22-30(23-21-28)39-43-38(29-14-6-2-7-15-29)44-40(45-39)31-24-25-34-35(26-31)47(32-16-8-3-9-17-32)42-46-41-37(48(34)42)33-18-10-11-19-36(33)49-41/h1-26H. The van der Waals surface area contributed by atoms with Crippen LogP contribution in [0.15, 0.2) is 162 Å². The summed E-state index contributed by atoms with van der Waals surface area (Å²) >= 11 is 0. The Kier molecular flexibility index (Phi) is 6.04. The Morgan fingerprint density at radius 2 is 0.959 bits per heavy atom. The predicted molar refractivity (Wildman–Crippen MR) is 194 cm³/mol. The van der Waals surface area contributed by atoms with E-state index in [2.05, 4.69) is 93.9 Å². The maximum Gasteiger partial charge on any atom is 0.248 e. The number of fused-ring (bicyclic) bond motifs is 7. The molecule has 0 spiro atoms. The summed E-state index contributed by atoms with van der Waals surface area (Å²) in [4.78, 5) is 20.1. The van der Waals surface area contributed by atoms with E-state index >= 15 is 0 Å².